The van der Waals surface area contributed by atoms with E-state index in [1.165, 1.54) is 12.8 Å². The molecule has 0 saturated carbocycles. The van der Waals surface area contributed by atoms with Crippen LogP contribution in [0.15, 0.2) is 41.6 Å². The van der Waals surface area contributed by atoms with Gasteiger partial charge in [-0.25, -0.2) is 21.1 Å². The Morgan fingerprint density at radius 1 is 1.00 bits per heavy atom. The number of nitrogens with one attached hydrogen (secondary N) is 1. The van der Waals surface area contributed by atoms with E-state index < -0.39 is 45.8 Å². The standard InChI is InChI=1S/C17H27N3O3S.C7H2Cl3F3O2S.2ClH/c21-24(22,14-2-4-15-3-1-9-19-15)20-12-7-17(8-13-20)23-16-5-10-18-11-6-16;8-4-1-3(7(11,12)13)2-5(9)6(4)16(10,14)15;;/h5-6,10-11,15,17,19H,1-4,7-9,12-14H2;1-2H;2*1H/t15-;;;/m0.../s1. The zero-order chi connectivity index (χ0) is 29.6. The average Bonchev–Trinajstić information content (AvgIpc) is 3.37. The van der Waals surface area contributed by atoms with Crippen LogP contribution in [0.4, 0.5) is 13.2 Å². The van der Waals surface area contributed by atoms with Crippen LogP contribution in [-0.2, 0) is 25.3 Å². The van der Waals surface area contributed by atoms with Gasteiger partial charge in [0.1, 0.15) is 16.7 Å². The summed E-state index contributed by atoms with van der Waals surface area (Å²) in [6.45, 7) is 2.18. The predicted molar refractivity (Wildman–Crippen MR) is 163 cm³/mol. The summed E-state index contributed by atoms with van der Waals surface area (Å²) < 4.78 is 91.2. The largest absolute Gasteiger partial charge is 0.490 e. The van der Waals surface area contributed by atoms with Gasteiger partial charge in [-0.2, -0.15) is 13.2 Å². The summed E-state index contributed by atoms with van der Waals surface area (Å²) in [6, 6.07) is 5.07. The number of halogens is 8. The lowest BCUT2D eigenvalue weighted by Gasteiger charge is -2.31. The summed E-state index contributed by atoms with van der Waals surface area (Å²) >= 11 is 10.8. The lowest BCUT2D eigenvalue weighted by molar-refractivity contribution is -0.137. The molecule has 8 nitrogen and oxygen atoms in total. The first kappa shape index (κ1) is 39.3. The molecule has 1 atom stereocenters. The molecule has 1 N–H and O–H groups in total. The molecule has 42 heavy (non-hydrogen) atoms. The molecule has 18 heteroatoms. The number of piperidine rings is 1. The minimum atomic E-state index is -4.66. The second-order valence-electron chi connectivity index (χ2n) is 9.36. The number of ether oxygens (including phenoxy) is 1. The van der Waals surface area contributed by atoms with Gasteiger partial charge in [0.15, 0.2) is 0 Å². The molecule has 4 rings (SSSR count). The van der Waals surface area contributed by atoms with E-state index in [0.29, 0.717) is 31.3 Å². The zero-order valence-electron chi connectivity index (χ0n) is 22.0. The number of hydrogen-bond acceptors (Lipinski definition) is 7. The Morgan fingerprint density at radius 2 is 1.57 bits per heavy atom. The molecule has 240 valence electrons. The fraction of sp³-hybridized carbons (Fsp3) is 0.542. The molecule has 2 fully saturated rings. The molecule has 0 amide bonds. The minimum Gasteiger partial charge on any atom is -0.490 e. The van der Waals surface area contributed by atoms with Crippen LogP contribution < -0.4 is 10.1 Å². The van der Waals surface area contributed by atoms with Crippen molar-refractivity contribution in [3.8, 4) is 5.75 Å². The van der Waals surface area contributed by atoms with E-state index in [-0.39, 0.29) is 36.7 Å². The van der Waals surface area contributed by atoms with E-state index in [9.17, 15) is 30.0 Å². The number of alkyl halides is 3. The van der Waals surface area contributed by atoms with E-state index in [2.05, 4.69) is 10.3 Å². The summed E-state index contributed by atoms with van der Waals surface area (Å²) in [5.41, 5.74) is -1.15. The van der Waals surface area contributed by atoms with Crippen molar-refractivity contribution in [1.82, 2.24) is 14.6 Å². The van der Waals surface area contributed by atoms with E-state index in [4.69, 9.17) is 38.6 Å². The number of benzene rings is 1. The molecule has 0 spiro atoms. The van der Waals surface area contributed by atoms with Gasteiger partial charge in [-0.3, -0.25) is 4.98 Å². The fourth-order valence-electron chi connectivity index (χ4n) is 4.44. The normalized spacial score (nSPS) is 18.3. The molecular weight excluding hydrogens is 709 g/mol. The van der Waals surface area contributed by atoms with Crippen LogP contribution in [0.3, 0.4) is 0 Å². The van der Waals surface area contributed by atoms with Crippen molar-refractivity contribution in [2.75, 3.05) is 25.4 Å². The lowest BCUT2D eigenvalue weighted by Crippen LogP contribution is -2.42. The van der Waals surface area contributed by atoms with Gasteiger partial charge in [-0.15, -0.1) is 24.8 Å². The highest BCUT2D eigenvalue weighted by Gasteiger charge is 2.33. The summed E-state index contributed by atoms with van der Waals surface area (Å²) in [7, 11) is -2.46. The van der Waals surface area contributed by atoms with Crippen LogP contribution in [0.2, 0.25) is 10.0 Å². The number of nitrogens with zero attached hydrogens (tertiary/aromatic N) is 2. The zero-order valence-corrected chi connectivity index (χ0v) is 27.6. The first-order valence-electron chi connectivity index (χ1n) is 12.5. The SMILES string of the molecule is Cl.Cl.O=S(=O)(CCC[C@@H]1CCCN1)N1CCC(Oc2ccncc2)CC1.O=S(=O)(Cl)c1c(Cl)cc(C(F)(F)F)cc1Cl. The van der Waals surface area contributed by atoms with E-state index >= 15 is 0 Å². The van der Waals surface area contributed by atoms with Crippen molar-refractivity contribution < 1.29 is 34.7 Å². The van der Waals surface area contributed by atoms with Crippen LogP contribution in [-0.4, -0.2) is 63.7 Å². The summed E-state index contributed by atoms with van der Waals surface area (Å²) in [5, 5.41) is 2.08. The molecule has 1 aromatic carbocycles. The maximum Gasteiger partial charge on any atom is 0.416 e. The van der Waals surface area contributed by atoms with Crippen molar-refractivity contribution in [2.45, 2.75) is 61.7 Å². The molecule has 2 aliphatic heterocycles. The molecule has 1 aromatic heterocycles. The third kappa shape index (κ3) is 12.0. The highest BCUT2D eigenvalue weighted by molar-refractivity contribution is 8.14. The maximum absolute atomic E-state index is 12.5. The van der Waals surface area contributed by atoms with E-state index in [1.54, 1.807) is 16.7 Å². The Hall–Kier alpha value is -0.770. The molecule has 0 radical (unpaired) electrons. The quantitative estimate of drug-likeness (QED) is 0.306. The minimum absolute atomic E-state index is 0. The molecule has 0 aliphatic carbocycles. The Labute approximate surface area is 270 Å². The highest BCUT2D eigenvalue weighted by atomic mass is 35.7. The maximum atomic E-state index is 12.5. The summed E-state index contributed by atoms with van der Waals surface area (Å²) in [6.07, 6.45) is 4.40. The Kier molecular flexibility index (Phi) is 16.0. The second-order valence-corrected chi connectivity index (χ2v) is 14.8. The van der Waals surface area contributed by atoms with Crippen molar-refractivity contribution in [1.29, 1.82) is 0 Å². The van der Waals surface area contributed by atoms with Crippen molar-refractivity contribution in [3.63, 3.8) is 0 Å². The van der Waals surface area contributed by atoms with Crippen LogP contribution in [0.1, 0.15) is 44.1 Å². The first-order valence-corrected chi connectivity index (χ1v) is 17.1. The third-order valence-electron chi connectivity index (χ3n) is 6.43. The molecule has 2 aromatic rings. The molecule has 2 aliphatic rings. The van der Waals surface area contributed by atoms with Crippen molar-refractivity contribution >= 4 is 77.8 Å². The highest BCUT2D eigenvalue weighted by Crippen LogP contribution is 2.38. The van der Waals surface area contributed by atoms with Crippen LogP contribution in [0, 0.1) is 0 Å². The van der Waals surface area contributed by atoms with Crippen molar-refractivity contribution in [3.05, 3.63) is 52.3 Å². The average molecular weight is 740 g/mol. The number of sulfonamides is 1. The van der Waals surface area contributed by atoms with Gasteiger partial charge >= 0.3 is 6.18 Å². The Morgan fingerprint density at radius 3 is 2.05 bits per heavy atom. The van der Waals surface area contributed by atoms with Crippen LogP contribution in [0.25, 0.3) is 0 Å². The van der Waals surface area contributed by atoms with Crippen LogP contribution >= 0.6 is 58.7 Å². The fourth-order valence-corrected chi connectivity index (χ4v) is 8.41. The molecule has 2 saturated heterocycles. The number of pyridine rings is 1. The summed E-state index contributed by atoms with van der Waals surface area (Å²) in [5.74, 6) is 1.07. The molecule has 3 heterocycles. The first-order chi connectivity index (χ1) is 18.7. The smallest absolute Gasteiger partial charge is 0.416 e. The van der Waals surface area contributed by atoms with E-state index in [0.717, 1.165) is 38.0 Å². The van der Waals surface area contributed by atoms with Gasteiger partial charge in [-0.1, -0.05) is 23.2 Å². The second kappa shape index (κ2) is 17.1. The van der Waals surface area contributed by atoms with E-state index in [1.807, 2.05) is 12.1 Å². The number of hydrogen-bond donors (Lipinski definition) is 1. The Bertz CT molecular complexity index is 1320. The van der Waals surface area contributed by atoms with Gasteiger partial charge in [0.05, 0.1) is 21.4 Å². The Balaban J connectivity index is 0.000000433. The van der Waals surface area contributed by atoms with Crippen LogP contribution in [0.5, 0.6) is 5.75 Å². The summed E-state index contributed by atoms with van der Waals surface area (Å²) in [4.78, 5) is 3.24. The lowest BCUT2D eigenvalue weighted by atomic mass is 10.1. The van der Waals surface area contributed by atoms with Gasteiger partial charge in [0, 0.05) is 42.2 Å². The number of rotatable bonds is 8. The van der Waals surface area contributed by atoms with Gasteiger partial charge in [-0.05, 0) is 69.3 Å². The topological polar surface area (TPSA) is 106 Å². The third-order valence-corrected chi connectivity index (χ3v) is 10.6. The monoisotopic (exact) mass is 737 g/mol. The van der Waals surface area contributed by atoms with Crippen molar-refractivity contribution in [2.24, 2.45) is 0 Å². The molecule has 0 bridgehead atoms. The molecule has 0 unspecified atom stereocenters. The molecular formula is C24H31Cl5F3N3O5S2. The van der Waals surface area contributed by atoms with Gasteiger partial charge < -0.3 is 10.1 Å². The van der Waals surface area contributed by atoms with Gasteiger partial charge in [0.2, 0.25) is 10.0 Å². The van der Waals surface area contributed by atoms with Gasteiger partial charge in [0.25, 0.3) is 9.05 Å². The predicted octanol–water partition coefficient (Wildman–Crippen LogP) is 6.57. The number of aromatic nitrogens is 1.